The van der Waals surface area contributed by atoms with Crippen molar-refractivity contribution in [3.8, 4) is 0 Å². The Balaban J connectivity index is 1.87. The van der Waals surface area contributed by atoms with Crippen molar-refractivity contribution in [3.05, 3.63) is 35.6 Å². The van der Waals surface area contributed by atoms with Crippen molar-refractivity contribution in [2.75, 3.05) is 20.6 Å². The average molecular weight is 292 g/mol. The zero-order valence-electron chi connectivity index (χ0n) is 13.4. The maximum atomic E-state index is 13.4. The molecule has 118 valence electrons. The van der Waals surface area contributed by atoms with E-state index in [4.69, 9.17) is 0 Å². The van der Waals surface area contributed by atoms with Crippen LogP contribution in [0.2, 0.25) is 0 Å². The molecule has 0 bridgehead atoms. The summed E-state index contributed by atoms with van der Waals surface area (Å²) < 4.78 is 13.4. The SMILES string of the molecule is CNC(CCN(C)C1CCCCCC1)c1cccc(F)c1. The molecular formula is C18H29FN2. The van der Waals surface area contributed by atoms with Crippen molar-refractivity contribution in [1.29, 1.82) is 0 Å². The summed E-state index contributed by atoms with van der Waals surface area (Å²) in [6.45, 7) is 1.06. The van der Waals surface area contributed by atoms with E-state index in [1.807, 2.05) is 13.1 Å². The van der Waals surface area contributed by atoms with Crippen LogP contribution in [0.1, 0.15) is 56.6 Å². The van der Waals surface area contributed by atoms with Gasteiger partial charge in [0, 0.05) is 12.1 Å². The van der Waals surface area contributed by atoms with E-state index in [-0.39, 0.29) is 11.9 Å². The summed E-state index contributed by atoms with van der Waals surface area (Å²) in [5, 5.41) is 3.32. The van der Waals surface area contributed by atoms with Gasteiger partial charge in [0.1, 0.15) is 5.82 Å². The van der Waals surface area contributed by atoms with E-state index in [1.54, 1.807) is 12.1 Å². The molecule has 1 saturated carbocycles. The molecule has 0 amide bonds. The van der Waals surface area contributed by atoms with Crippen molar-refractivity contribution < 1.29 is 4.39 Å². The van der Waals surface area contributed by atoms with Gasteiger partial charge in [0.15, 0.2) is 0 Å². The number of hydrogen-bond donors (Lipinski definition) is 1. The molecule has 0 heterocycles. The Kier molecular flexibility index (Phi) is 6.65. The van der Waals surface area contributed by atoms with Gasteiger partial charge in [0.05, 0.1) is 0 Å². The summed E-state index contributed by atoms with van der Waals surface area (Å²) in [7, 11) is 4.20. The van der Waals surface area contributed by atoms with Crippen LogP contribution in [-0.4, -0.2) is 31.6 Å². The van der Waals surface area contributed by atoms with Crippen molar-refractivity contribution in [2.24, 2.45) is 0 Å². The summed E-state index contributed by atoms with van der Waals surface area (Å²) in [4.78, 5) is 2.51. The first kappa shape index (κ1) is 16.4. The fraction of sp³-hybridized carbons (Fsp3) is 0.667. The lowest BCUT2D eigenvalue weighted by Crippen LogP contribution is -2.34. The molecule has 1 atom stereocenters. The van der Waals surface area contributed by atoms with Crippen LogP contribution in [0.3, 0.4) is 0 Å². The summed E-state index contributed by atoms with van der Waals surface area (Å²) >= 11 is 0. The zero-order chi connectivity index (χ0) is 15.1. The summed E-state index contributed by atoms with van der Waals surface area (Å²) in [5.74, 6) is -0.148. The standard InChI is InChI=1S/C18H29FN2/c1-20-18(15-8-7-9-16(19)14-15)12-13-21(2)17-10-5-3-4-6-11-17/h7-9,14,17-18,20H,3-6,10-13H2,1-2H3. The second-order valence-corrected chi connectivity index (χ2v) is 6.31. The van der Waals surface area contributed by atoms with Crippen LogP contribution in [0, 0.1) is 5.82 Å². The molecule has 1 aromatic carbocycles. The third-order valence-corrected chi connectivity index (χ3v) is 4.82. The Labute approximate surface area is 128 Å². The minimum Gasteiger partial charge on any atom is -0.313 e. The summed E-state index contributed by atoms with van der Waals surface area (Å²) in [5.41, 5.74) is 1.05. The lowest BCUT2D eigenvalue weighted by molar-refractivity contribution is 0.211. The van der Waals surface area contributed by atoms with Crippen molar-refractivity contribution in [1.82, 2.24) is 10.2 Å². The van der Waals surface area contributed by atoms with Crippen LogP contribution in [0.5, 0.6) is 0 Å². The van der Waals surface area contributed by atoms with E-state index in [0.29, 0.717) is 0 Å². The first-order valence-corrected chi connectivity index (χ1v) is 8.33. The highest BCUT2D eigenvalue weighted by Gasteiger charge is 2.18. The maximum Gasteiger partial charge on any atom is 0.123 e. The Morgan fingerprint density at radius 3 is 2.57 bits per heavy atom. The molecule has 2 nitrogen and oxygen atoms in total. The predicted molar refractivity (Wildman–Crippen MR) is 86.9 cm³/mol. The minimum atomic E-state index is -0.148. The van der Waals surface area contributed by atoms with Gasteiger partial charge in [-0.05, 0) is 57.6 Å². The smallest absolute Gasteiger partial charge is 0.123 e. The molecule has 1 aliphatic rings. The Morgan fingerprint density at radius 1 is 1.24 bits per heavy atom. The van der Waals surface area contributed by atoms with Gasteiger partial charge < -0.3 is 10.2 Å². The lowest BCUT2D eigenvalue weighted by atomic mass is 10.0. The largest absolute Gasteiger partial charge is 0.313 e. The van der Waals surface area contributed by atoms with Crippen molar-refractivity contribution >= 4 is 0 Å². The fourth-order valence-electron chi connectivity index (χ4n) is 3.41. The van der Waals surface area contributed by atoms with E-state index in [0.717, 1.165) is 24.6 Å². The van der Waals surface area contributed by atoms with Crippen molar-refractivity contribution in [2.45, 2.75) is 57.0 Å². The highest BCUT2D eigenvalue weighted by Crippen LogP contribution is 2.23. The van der Waals surface area contributed by atoms with Gasteiger partial charge >= 0.3 is 0 Å². The summed E-state index contributed by atoms with van der Waals surface area (Å²) in [6, 6.07) is 7.92. The fourth-order valence-corrected chi connectivity index (χ4v) is 3.41. The van der Waals surface area contributed by atoms with Gasteiger partial charge in [0.2, 0.25) is 0 Å². The van der Waals surface area contributed by atoms with Gasteiger partial charge in [-0.25, -0.2) is 4.39 Å². The Morgan fingerprint density at radius 2 is 1.95 bits per heavy atom. The first-order valence-electron chi connectivity index (χ1n) is 8.33. The highest BCUT2D eigenvalue weighted by atomic mass is 19.1. The molecule has 1 fully saturated rings. The molecule has 1 N–H and O–H groups in total. The van der Waals surface area contributed by atoms with E-state index >= 15 is 0 Å². The van der Waals surface area contributed by atoms with E-state index in [1.165, 1.54) is 44.6 Å². The van der Waals surface area contributed by atoms with Crippen molar-refractivity contribution in [3.63, 3.8) is 0 Å². The quantitative estimate of drug-likeness (QED) is 0.793. The molecule has 2 rings (SSSR count). The van der Waals surface area contributed by atoms with Crippen LogP contribution in [0.4, 0.5) is 4.39 Å². The Hall–Kier alpha value is -0.930. The number of benzene rings is 1. The molecule has 0 spiro atoms. The van der Waals surface area contributed by atoms with Gasteiger partial charge in [0.25, 0.3) is 0 Å². The first-order chi connectivity index (χ1) is 10.2. The maximum absolute atomic E-state index is 13.4. The van der Waals surface area contributed by atoms with E-state index in [9.17, 15) is 4.39 Å². The summed E-state index contributed by atoms with van der Waals surface area (Å²) in [6.07, 6.45) is 9.22. The Bertz CT molecular complexity index is 413. The molecular weight excluding hydrogens is 263 g/mol. The second-order valence-electron chi connectivity index (χ2n) is 6.31. The van der Waals surface area contributed by atoms with Crippen LogP contribution in [0.15, 0.2) is 24.3 Å². The number of hydrogen-bond acceptors (Lipinski definition) is 2. The van der Waals surface area contributed by atoms with Gasteiger partial charge in [-0.2, -0.15) is 0 Å². The van der Waals surface area contributed by atoms with E-state index in [2.05, 4.69) is 17.3 Å². The topological polar surface area (TPSA) is 15.3 Å². The molecule has 0 aromatic heterocycles. The number of nitrogens with zero attached hydrogens (tertiary/aromatic N) is 1. The normalized spacial score (nSPS) is 18.7. The number of halogens is 1. The molecule has 1 unspecified atom stereocenters. The van der Waals surface area contributed by atoms with Crippen LogP contribution >= 0.6 is 0 Å². The molecule has 21 heavy (non-hydrogen) atoms. The van der Waals surface area contributed by atoms with E-state index < -0.39 is 0 Å². The number of nitrogens with one attached hydrogen (secondary N) is 1. The van der Waals surface area contributed by atoms with Crippen LogP contribution in [0.25, 0.3) is 0 Å². The molecule has 1 aliphatic carbocycles. The third-order valence-electron chi connectivity index (χ3n) is 4.82. The minimum absolute atomic E-state index is 0.148. The average Bonchev–Trinajstić information content (AvgIpc) is 2.77. The van der Waals surface area contributed by atoms with Crippen LogP contribution < -0.4 is 5.32 Å². The number of rotatable bonds is 6. The third kappa shape index (κ3) is 5.08. The van der Waals surface area contributed by atoms with Gasteiger partial charge in [-0.1, -0.05) is 37.8 Å². The zero-order valence-corrected chi connectivity index (χ0v) is 13.4. The van der Waals surface area contributed by atoms with Crippen LogP contribution in [-0.2, 0) is 0 Å². The predicted octanol–water partition coefficient (Wildman–Crippen LogP) is 4.13. The van der Waals surface area contributed by atoms with Gasteiger partial charge in [-0.15, -0.1) is 0 Å². The molecule has 0 radical (unpaired) electrons. The van der Waals surface area contributed by atoms with Gasteiger partial charge in [-0.3, -0.25) is 0 Å². The second kappa shape index (κ2) is 8.50. The molecule has 0 aliphatic heterocycles. The molecule has 1 aromatic rings. The molecule has 3 heteroatoms. The lowest BCUT2D eigenvalue weighted by Gasteiger charge is -2.29. The molecule has 0 saturated heterocycles. The monoisotopic (exact) mass is 292 g/mol. The highest BCUT2D eigenvalue weighted by molar-refractivity contribution is 5.20.